The van der Waals surface area contributed by atoms with Gasteiger partial charge in [-0.2, -0.15) is 0 Å². The molecule has 2 amide bonds. The molecule has 3 atom stereocenters. The third kappa shape index (κ3) is 5.77. The van der Waals surface area contributed by atoms with Gasteiger partial charge in [-0.15, -0.1) is 0 Å². The number of likely N-dealkylation sites (tertiary alicyclic amines) is 1. The summed E-state index contributed by atoms with van der Waals surface area (Å²) in [5.74, 6) is 0.953. The number of benzene rings is 2. The van der Waals surface area contributed by atoms with Crippen molar-refractivity contribution in [3.63, 3.8) is 0 Å². The number of aromatic nitrogens is 1. The van der Waals surface area contributed by atoms with Crippen molar-refractivity contribution in [2.45, 2.75) is 44.2 Å². The molecule has 1 N–H and O–H groups in total. The molecule has 0 unspecified atom stereocenters. The van der Waals surface area contributed by atoms with Crippen molar-refractivity contribution >= 4 is 11.8 Å². The molecule has 3 aromatic rings. The molecule has 1 fully saturated rings. The van der Waals surface area contributed by atoms with Crippen LogP contribution < -0.4 is 15.6 Å². The fraction of sp³-hybridized carbons (Fsp3) is 0.367. The van der Waals surface area contributed by atoms with Crippen molar-refractivity contribution in [1.29, 1.82) is 0 Å². The van der Waals surface area contributed by atoms with Crippen LogP contribution in [0.25, 0.3) is 0 Å². The number of nitrogens with zero attached hydrogens (tertiary/aromatic N) is 2. The molecular formula is C30H33N3O4. The van der Waals surface area contributed by atoms with E-state index in [-0.39, 0.29) is 29.2 Å². The highest BCUT2D eigenvalue weighted by molar-refractivity contribution is 5.88. The van der Waals surface area contributed by atoms with Gasteiger partial charge in [-0.3, -0.25) is 14.4 Å². The normalized spacial score (nSPS) is 19.0. The number of rotatable bonds is 8. The monoisotopic (exact) mass is 499 g/mol. The minimum Gasteiger partial charge on any atom is -0.497 e. The van der Waals surface area contributed by atoms with Gasteiger partial charge in [0.05, 0.1) is 7.11 Å². The maximum Gasteiger partial charge on any atom is 0.250 e. The van der Waals surface area contributed by atoms with E-state index in [0.717, 1.165) is 29.0 Å². The molecule has 0 spiro atoms. The average molecular weight is 500 g/mol. The van der Waals surface area contributed by atoms with Gasteiger partial charge in [0.15, 0.2) is 0 Å². The van der Waals surface area contributed by atoms with Crippen molar-refractivity contribution in [1.82, 2.24) is 14.8 Å². The van der Waals surface area contributed by atoms with E-state index in [1.165, 1.54) is 0 Å². The fourth-order valence-electron chi connectivity index (χ4n) is 5.66. The van der Waals surface area contributed by atoms with Gasteiger partial charge in [-0.05, 0) is 48.1 Å². The molecule has 37 heavy (non-hydrogen) atoms. The van der Waals surface area contributed by atoms with Gasteiger partial charge < -0.3 is 19.5 Å². The number of hydrogen-bond donors (Lipinski definition) is 1. The van der Waals surface area contributed by atoms with Crippen LogP contribution in [0.1, 0.15) is 35.6 Å². The Morgan fingerprint density at radius 2 is 1.73 bits per heavy atom. The summed E-state index contributed by atoms with van der Waals surface area (Å²) in [7, 11) is 1.63. The lowest BCUT2D eigenvalue weighted by atomic mass is 9.83. The Labute approximate surface area is 217 Å². The summed E-state index contributed by atoms with van der Waals surface area (Å²) in [5, 5.41) is 3.04. The summed E-state index contributed by atoms with van der Waals surface area (Å²) in [4.78, 5) is 41.1. The Morgan fingerprint density at radius 1 is 0.946 bits per heavy atom. The Bertz CT molecular complexity index is 1300. The van der Waals surface area contributed by atoms with Crippen LogP contribution in [-0.4, -0.2) is 47.5 Å². The summed E-state index contributed by atoms with van der Waals surface area (Å²) in [5.41, 5.74) is 3.08. The number of fused-ring (bicyclic) bond motifs is 4. The van der Waals surface area contributed by atoms with Gasteiger partial charge in [0.2, 0.25) is 11.8 Å². The van der Waals surface area contributed by atoms with Crippen LogP contribution in [-0.2, 0) is 29.0 Å². The smallest absolute Gasteiger partial charge is 0.250 e. The lowest BCUT2D eigenvalue weighted by molar-refractivity contribution is -0.138. The van der Waals surface area contributed by atoms with Crippen LogP contribution in [0.4, 0.5) is 0 Å². The van der Waals surface area contributed by atoms with Crippen LogP contribution in [0.5, 0.6) is 5.75 Å². The first-order chi connectivity index (χ1) is 18.0. The van der Waals surface area contributed by atoms with Crippen LogP contribution in [0.3, 0.4) is 0 Å². The molecule has 2 bridgehead atoms. The van der Waals surface area contributed by atoms with Crippen LogP contribution in [0.2, 0.25) is 0 Å². The molecule has 5 rings (SSSR count). The van der Waals surface area contributed by atoms with E-state index in [1.807, 2.05) is 70.1 Å². The molecule has 3 heterocycles. The highest BCUT2D eigenvalue weighted by atomic mass is 16.5. The van der Waals surface area contributed by atoms with Gasteiger partial charge >= 0.3 is 0 Å². The number of carbonyl (C=O) groups is 2. The molecule has 0 saturated carbocycles. The zero-order valence-electron chi connectivity index (χ0n) is 21.1. The first-order valence-corrected chi connectivity index (χ1v) is 12.9. The Kier molecular flexibility index (Phi) is 7.40. The Morgan fingerprint density at radius 3 is 2.49 bits per heavy atom. The Balaban J connectivity index is 1.29. The molecule has 7 heteroatoms. The van der Waals surface area contributed by atoms with Crippen LogP contribution in [0.15, 0.2) is 77.6 Å². The minimum absolute atomic E-state index is 0.0260. The Hall–Kier alpha value is -3.87. The lowest BCUT2D eigenvalue weighted by Gasteiger charge is -2.43. The maximum atomic E-state index is 13.8. The number of carbonyl (C=O) groups excluding carboxylic acids is 2. The second kappa shape index (κ2) is 11.0. The number of ether oxygens (including phenoxy) is 1. The fourth-order valence-corrected chi connectivity index (χ4v) is 5.66. The molecule has 7 nitrogen and oxygen atoms in total. The molecule has 2 aromatic carbocycles. The summed E-state index contributed by atoms with van der Waals surface area (Å²) >= 11 is 0. The van der Waals surface area contributed by atoms with Crippen molar-refractivity contribution in [2.75, 3.05) is 20.2 Å². The molecule has 2 aliphatic rings. The number of hydrogen-bond acceptors (Lipinski definition) is 4. The van der Waals surface area contributed by atoms with E-state index in [2.05, 4.69) is 5.32 Å². The van der Waals surface area contributed by atoms with E-state index in [4.69, 9.17) is 4.74 Å². The number of nitrogens with one attached hydrogen (secondary N) is 1. The first kappa shape index (κ1) is 24.8. The lowest BCUT2D eigenvalue weighted by Crippen LogP contribution is -2.55. The van der Waals surface area contributed by atoms with Gasteiger partial charge in [0, 0.05) is 50.2 Å². The van der Waals surface area contributed by atoms with Crippen LogP contribution >= 0.6 is 0 Å². The third-order valence-electron chi connectivity index (χ3n) is 7.51. The van der Waals surface area contributed by atoms with E-state index >= 15 is 0 Å². The summed E-state index contributed by atoms with van der Waals surface area (Å²) in [6.45, 7) is 1.79. The zero-order valence-corrected chi connectivity index (χ0v) is 21.1. The standard InChI is InChI=1S/C30H33N3O4/c1-37-25-13-10-21(11-14-25)12-15-28(34)31-26(17-22-6-3-2-4-7-22)30(36)32-18-23-16-24(20-32)27-8-5-9-29(35)33(27)19-23/h2-11,13-14,23-24,26H,12,15-20H2,1H3,(H,31,34)/t23-,24-,26-/m0/s1. The van der Waals surface area contributed by atoms with Gasteiger partial charge in [-0.25, -0.2) is 0 Å². The first-order valence-electron chi connectivity index (χ1n) is 12.9. The van der Waals surface area contributed by atoms with Crippen molar-refractivity contribution < 1.29 is 14.3 Å². The zero-order chi connectivity index (χ0) is 25.8. The highest BCUT2D eigenvalue weighted by Crippen LogP contribution is 2.35. The maximum absolute atomic E-state index is 13.8. The summed E-state index contributed by atoms with van der Waals surface area (Å²) in [6.07, 6.45) is 2.30. The third-order valence-corrected chi connectivity index (χ3v) is 7.51. The van der Waals surface area contributed by atoms with Gasteiger partial charge in [0.1, 0.15) is 11.8 Å². The topological polar surface area (TPSA) is 80.6 Å². The molecule has 192 valence electrons. The molecule has 0 radical (unpaired) electrons. The van der Waals surface area contributed by atoms with Crippen molar-refractivity contribution in [3.8, 4) is 5.75 Å². The number of amides is 2. The molecular weight excluding hydrogens is 466 g/mol. The van der Waals surface area contributed by atoms with Gasteiger partial charge in [-0.1, -0.05) is 48.5 Å². The van der Waals surface area contributed by atoms with Crippen molar-refractivity contribution in [2.24, 2.45) is 5.92 Å². The van der Waals surface area contributed by atoms with Gasteiger partial charge in [0.25, 0.3) is 5.56 Å². The number of piperidine rings is 1. The van der Waals surface area contributed by atoms with Crippen molar-refractivity contribution in [3.05, 3.63) is 100.0 Å². The highest BCUT2D eigenvalue weighted by Gasteiger charge is 2.38. The average Bonchev–Trinajstić information content (AvgIpc) is 2.92. The second-order valence-electron chi connectivity index (χ2n) is 10.1. The van der Waals surface area contributed by atoms with E-state index in [0.29, 0.717) is 38.9 Å². The van der Waals surface area contributed by atoms with Crippen LogP contribution in [0, 0.1) is 5.92 Å². The minimum atomic E-state index is -0.637. The second-order valence-corrected chi connectivity index (χ2v) is 10.1. The SMILES string of the molecule is COc1ccc(CCC(=O)N[C@@H](Cc2ccccc2)C(=O)N2C[C@@H]3C[C@@H](C2)c2cccc(=O)n2C3)cc1. The van der Waals surface area contributed by atoms with E-state index in [9.17, 15) is 14.4 Å². The largest absolute Gasteiger partial charge is 0.497 e. The molecule has 2 aliphatic heterocycles. The predicted octanol–water partition coefficient (Wildman–Crippen LogP) is 3.16. The quantitative estimate of drug-likeness (QED) is 0.516. The van der Waals surface area contributed by atoms with E-state index in [1.54, 1.807) is 19.2 Å². The molecule has 0 aliphatic carbocycles. The summed E-state index contributed by atoms with van der Waals surface area (Å²) < 4.78 is 7.07. The number of aryl methyl sites for hydroxylation is 1. The molecule has 1 saturated heterocycles. The van der Waals surface area contributed by atoms with E-state index < -0.39 is 6.04 Å². The summed E-state index contributed by atoms with van der Waals surface area (Å²) in [6, 6.07) is 22.2. The number of pyridine rings is 1. The predicted molar refractivity (Wildman–Crippen MR) is 142 cm³/mol. The number of methoxy groups -OCH3 is 1. The molecule has 1 aromatic heterocycles.